The van der Waals surface area contributed by atoms with Gasteiger partial charge >= 0.3 is 7.25 Å². The van der Waals surface area contributed by atoms with Gasteiger partial charge in [-0.25, -0.2) is 0 Å². The molecule has 39 heavy (non-hydrogen) atoms. The first-order valence-corrected chi connectivity index (χ1v) is 13.0. The number of hydrogen-bond acceptors (Lipinski definition) is 4. The quantitative estimate of drug-likeness (QED) is 0.116. The summed E-state index contributed by atoms with van der Waals surface area (Å²) in [4.78, 5) is 2.33. The lowest BCUT2D eigenvalue weighted by Gasteiger charge is -2.12. The van der Waals surface area contributed by atoms with Gasteiger partial charge in [-0.2, -0.15) is 0 Å². The zero-order valence-corrected chi connectivity index (χ0v) is 22.9. The summed E-state index contributed by atoms with van der Waals surface area (Å²) in [5.74, 6) is 3.20. The van der Waals surface area contributed by atoms with Gasteiger partial charge in [-0.05, 0) is 85.6 Å². The Labute approximate surface area is 229 Å². The standard InChI is InChI=1S/C29H29O4S.BF4/c1-5-32-26-16-11-22(17-27(26)33-6-2)23-18-28(20-7-12-24(30-3)13-8-20)34-29(19-23)21-9-14-25(31-4)15-10-21;2-1(3,4)5/h7-19H,5-6H2,1-4H3;/q+1;-1. The van der Waals surface area contributed by atoms with Gasteiger partial charge in [0.1, 0.15) is 11.5 Å². The summed E-state index contributed by atoms with van der Waals surface area (Å²) in [6, 6.07) is 26.9. The van der Waals surface area contributed by atoms with Crippen molar-refractivity contribution < 1.29 is 36.2 Å². The lowest BCUT2D eigenvalue weighted by molar-refractivity contribution is 0.288. The maximum absolute atomic E-state index is 9.75. The third-order valence-electron chi connectivity index (χ3n) is 5.42. The summed E-state index contributed by atoms with van der Waals surface area (Å²) in [5.41, 5.74) is 4.46. The summed E-state index contributed by atoms with van der Waals surface area (Å²) >= 11 is 1.75. The fourth-order valence-electron chi connectivity index (χ4n) is 3.69. The van der Waals surface area contributed by atoms with Crippen molar-refractivity contribution >= 4 is 18.6 Å². The van der Waals surface area contributed by atoms with Crippen LogP contribution in [-0.4, -0.2) is 34.7 Å². The second kappa shape index (κ2) is 13.8. The molecular weight excluding hydrogens is 531 g/mol. The molecule has 206 valence electrons. The van der Waals surface area contributed by atoms with Crippen LogP contribution in [0.3, 0.4) is 0 Å². The van der Waals surface area contributed by atoms with Gasteiger partial charge in [0.15, 0.2) is 11.5 Å². The van der Waals surface area contributed by atoms with Gasteiger partial charge in [-0.1, -0.05) is 6.07 Å². The van der Waals surface area contributed by atoms with Crippen LogP contribution in [0.25, 0.3) is 32.0 Å². The van der Waals surface area contributed by atoms with Gasteiger partial charge in [0.05, 0.1) is 27.4 Å². The van der Waals surface area contributed by atoms with Crippen LogP contribution in [0.2, 0.25) is 0 Å². The molecular formula is C29H29BF4O4S. The van der Waals surface area contributed by atoms with Crippen molar-refractivity contribution in [2.45, 2.75) is 13.8 Å². The highest BCUT2D eigenvalue weighted by Crippen LogP contribution is 2.40. The second-order valence-corrected chi connectivity index (χ2v) is 9.14. The maximum atomic E-state index is 9.75. The Hall–Kier alpha value is -3.79. The molecule has 0 atom stereocenters. The number of benzene rings is 3. The topological polar surface area (TPSA) is 36.9 Å². The first-order valence-electron chi connectivity index (χ1n) is 12.2. The Morgan fingerprint density at radius 2 is 0.974 bits per heavy atom. The first kappa shape index (κ1) is 29.8. The molecule has 1 aromatic heterocycles. The van der Waals surface area contributed by atoms with E-state index in [9.17, 15) is 17.3 Å². The molecule has 3 aromatic carbocycles. The average molecular weight is 560 g/mol. The van der Waals surface area contributed by atoms with E-state index in [0.717, 1.165) is 55.0 Å². The van der Waals surface area contributed by atoms with E-state index >= 15 is 0 Å². The lowest BCUT2D eigenvalue weighted by Crippen LogP contribution is -2.02. The fourth-order valence-corrected chi connectivity index (χ4v) is 4.81. The first-order chi connectivity index (χ1) is 18.6. The summed E-state index contributed by atoms with van der Waals surface area (Å²) in [6.45, 7) is 5.13. The van der Waals surface area contributed by atoms with E-state index < -0.39 is 7.25 Å². The maximum Gasteiger partial charge on any atom is 0.673 e. The van der Waals surface area contributed by atoms with E-state index in [4.69, 9.17) is 18.9 Å². The predicted octanol–water partition coefficient (Wildman–Crippen LogP) is 9.14. The molecule has 0 saturated carbocycles. The van der Waals surface area contributed by atoms with Gasteiger partial charge in [-0.15, -0.1) is 0 Å². The molecule has 0 saturated heterocycles. The van der Waals surface area contributed by atoms with Gasteiger partial charge in [0.25, 0.3) is 0 Å². The molecule has 0 unspecified atom stereocenters. The lowest BCUT2D eigenvalue weighted by atomic mass is 10.0. The van der Waals surface area contributed by atoms with Crippen LogP contribution in [-0.2, 0) is 0 Å². The molecule has 0 aliphatic heterocycles. The van der Waals surface area contributed by atoms with E-state index in [2.05, 4.69) is 48.5 Å². The molecule has 1 heterocycles. The summed E-state index contributed by atoms with van der Waals surface area (Å²) in [6.07, 6.45) is 0. The van der Waals surface area contributed by atoms with Crippen LogP contribution in [0.4, 0.5) is 17.3 Å². The van der Waals surface area contributed by atoms with Crippen LogP contribution >= 0.6 is 11.3 Å². The molecule has 4 nitrogen and oxygen atoms in total. The number of hydrogen-bond donors (Lipinski definition) is 0. The molecule has 0 spiro atoms. The second-order valence-electron chi connectivity index (χ2n) is 8.05. The normalized spacial score (nSPS) is 10.8. The number of rotatable bonds is 9. The number of ether oxygens (including phenoxy) is 4. The monoisotopic (exact) mass is 560 g/mol. The van der Waals surface area contributed by atoms with Crippen molar-refractivity contribution in [3.05, 3.63) is 78.9 Å². The molecule has 4 aromatic rings. The van der Waals surface area contributed by atoms with E-state index in [0.29, 0.717) is 13.2 Å². The van der Waals surface area contributed by atoms with Crippen molar-refractivity contribution in [3.8, 4) is 55.0 Å². The van der Waals surface area contributed by atoms with Gasteiger partial charge in [0, 0.05) is 23.3 Å². The SMILES string of the molecule is CCOc1ccc(-c2cc(-c3ccc(OC)cc3)[s+]c(-c3ccc(OC)cc3)c2)cc1OCC.F[B-](F)(F)F. The average Bonchev–Trinajstić information content (AvgIpc) is 2.93. The van der Waals surface area contributed by atoms with Gasteiger partial charge in [-0.3, -0.25) is 0 Å². The van der Waals surface area contributed by atoms with Crippen molar-refractivity contribution in [2.75, 3.05) is 27.4 Å². The number of halogens is 4. The molecule has 0 aliphatic carbocycles. The van der Waals surface area contributed by atoms with Crippen LogP contribution in [0, 0.1) is 0 Å². The highest BCUT2D eigenvalue weighted by atomic mass is 32.1. The van der Waals surface area contributed by atoms with E-state index in [1.54, 1.807) is 25.6 Å². The molecule has 0 amide bonds. The minimum Gasteiger partial charge on any atom is -0.497 e. The molecule has 4 rings (SSSR count). The van der Waals surface area contributed by atoms with Crippen molar-refractivity contribution in [1.29, 1.82) is 0 Å². The zero-order valence-electron chi connectivity index (χ0n) is 22.1. The van der Waals surface area contributed by atoms with Crippen LogP contribution in [0.15, 0.2) is 78.9 Å². The van der Waals surface area contributed by atoms with E-state index in [1.165, 1.54) is 0 Å². The molecule has 0 aliphatic rings. The van der Waals surface area contributed by atoms with Gasteiger partial charge in [0.2, 0.25) is 21.1 Å². The van der Waals surface area contributed by atoms with E-state index in [1.807, 2.05) is 44.2 Å². The van der Waals surface area contributed by atoms with Crippen molar-refractivity contribution in [2.24, 2.45) is 0 Å². The minimum absolute atomic E-state index is 0.578. The van der Waals surface area contributed by atoms with E-state index in [-0.39, 0.29) is 0 Å². The Morgan fingerprint density at radius 3 is 1.38 bits per heavy atom. The predicted molar refractivity (Wildman–Crippen MR) is 151 cm³/mol. The Bertz CT molecular complexity index is 1280. The summed E-state index contributed by atoms with van der Waals surface area (Å²) < 4.78 is 61.3. The number of methoxy groups -OCH3 is 2. The minimum atomic E-state index is -6.00. The third kappa shape index (κ3) is 8.89. The summed E-state index contributed by atoms with van der Waals surface area (Å²) in [7, 11) is -2.64. The molecule has 10 heteroatoms. The van der Waals surface area contributed by atoms with Crippen LogP contribution < -0.4 is 18.9 Å². The van der Waals surface area contributed by atoms with Crippen LogP contribution in [0.5, 0.6) is 23.0 Å². The van der Waals surface area contributed by atoms with Crippen LogP contribution in [0.1, 0.15) is 13.8 Å². The highest BCUT2D eigenvalue weighted by molar-refractivity contribution is 7.18. The molecule has 0 bridgehead atoms. The Kier molecular flexibility index (Phi) is 10.6. The molecule has 0 fully saturated rings. The fraction of sp³-hybridized carbons (Fsp3) is 0.207. The highest BCUT2D eigenvalue weighted by Gasteiger charge is 2.21. The largest absolute Gasteiger partial charge is 0.673 e. The summed E-state index contributed by atoms with van der Waals surface area (Å²) in [5, 5.41) is 0. The molecule has 0 radical (unpaired) electrons. The Morgan fingerprint density at radius 1 is 0.564 bits per heavy atom. The Balaban J connectivity index is 0.000000771. The molecule has 0 N–H and O–H groups in total. The smallest absolute Gasteiger partial charge is 0.497 e. The van der Waals surface area contributed by atoms with Gasteiger partial charge < -0.3 is 36.2 Å². The third-order valence-corrected chi connectivity index (χ3v) is 6.57. The van der Waals surface area contributed by atoms with Crippen molar-refractivity contribution in [3.63, 3.8) is 0 Å². The zero-order chi connectivity index (χ0) is 28.4. The van der Waals surface area contributed by atoms with Crippen molar-refractivity contribution in [1.82, 2.24) is 0 Å².